The topological polar surface area (TPSA) is 21.3 Å². The highest BCUT2D eigenvalue weighted by Crippen LogP contribution is 2.33. The zero-order chi connectivity index (χ0) is 13.3. The van der Waals surface area contributed by atoms with Crippen LogP contribution in [0.2, 0.25) is 0 Å². The van der Waals surface area contributed by atoms with Gasteiger partial charge in [0, 0.05) is 6.61 Å². The minimum absolute atomic E-state index is 0.325. The molecule has 1 aromatic carbocycles. The summed E-state index contributed by atoms with van der Waals surface area (Å²) in [7, 11) is 2.04. The molecule has 0 amide bonds. The van der Waals surface area contributed by atoms with Gasteiger partial charge in [-0.25, -0.2) is 0 Å². The summed E-state index contributed by atoms with van der Waals surface area (Å²) in [6, 6.07) is 2.61. The van der Waals surface area contributed by atoms with Crippen molar-refractivity contribution in [3.63, 3.8) is 0 Å². The number of benzene rings is 1. The van der Waals surface area contributed by atoms with Crippen molar-refractivity contribution in [3.8, 4) is 0 Å². The highest BCUT2D eigenvalue weighted by atomic mass is 16.5. The molecular formula is C16H25NO. The molecular weight excluding hydrogens is 222 g/mol. The average molecular weight is 247 g/mol. The van der Waals surface area contributed by atoms with Crippen LogP contribution in [0.1, 0.15) is 46.7 Å². The Labute approximate surface area is 111 Å². The van der Waals surface area contributed by atoms with Crippen LogP contribution in [-0.2, 0) is 4.74 Å². The molecule has 0 spiro atoms. The van der Waals surface area contributed by atoms with E-state index in [2.05, 4.69) is 39.1 Å². The molecule has 0 bridgehead atoms. The van der Waals surface area contributed by atoms with Gasteiger partial charge in [0.2, 0.25) is 0 Å². The van der Waals surface area contributed by atoms with E-state index in [4.69, 9.17) is 4.74 Å². The van der Waals surface area contributed by atoms with Crippen molar-refractivity contribution in [3.05, 3.63) is 33.9 Å². The van der Waals surface area contributed by atoms with Gasteiger partial charge in [0.05, 0.1) is 12.1 Å². The van der Waals surface area contributed by atoms with Crippen LogP contribution in [0.15, 0.2) is 6.07 Å². The van der Waals surface area contributed by atoms with E-state index in [0.29, 0.717) is 12.1 Å². The first kappa shape index (κ1) is 13.6. The molecule has 1 heterocycles. The number of hydrogen-bond acceptors (Lipinski definition) is 2. The Balaban J connectivity index is 2.47. The van der Waals surface area contributed by atoms with Crippen LogP contribution >= 0.6 is 0 Å². The van der Waals surface area contributed by atoms with Crippen LogP contribution in [-0.4, -0.2) is 19.8 Å². The van der Waals surface area contributed by atoms with E-state index < -0.39 is 0 Å². The van der Waals surface area contributed by atoms with E-state index in [1.807, 2.05) is 7.05 Å². The highest BCUT2D eigenvalue weighted by Gasteiger charge is 2.28. The Hall–Kier alpha value is -0.860. The van der Waals surface area contributed by atoms with Crippen molar-refractivity contribution < 1.29 is 4.74 Å². The summed E-state index contributed by atoms with van der Waals surface area (Å²) < 4.78 is 5.89. The maximum Gasteiger partial charge on any atom is 0.0770 e. The summed E-state index contributed by atoms with van der Waals surface area (Å²) >= 11 is 0. The van der Waals surface area contributed by atoms with Crippen LogP contribution in [0.4, 0.5) is 0 Å². The zero-order valence-electron chi connectivity index (χ0n) is 12.3. The second-order valence-corrected chi connectivity index (χ2v) is 5.49. The minimum Gasteiger partial charge on any atom is -0.376 e. The van der Waals surface area contributed by atoms with Crippen LogP contribution in [0.5, 0.6) is 0 Å². The Morgan fingerprint density at radius 3 is 2.22 bits per heavy atom. The van der Waals surface area contributed by atoms with Gasteiger partial charge < -0.3 is 10.1 Å². The molecule has 2 atom stereocenters. The predicted molar refractivity (Wildman–Crippen MR) is 76.2 cm³/mol. The fourth-order valence-electron chi connectivity index (χ4n) is 3.10. The van der Waals surface area contributed by atoms with Crippen molar-refractivity contribution in [2.24, 2.45) is 0 Å². The molecule has 2 rings (SSSR count). The summed E-state index contributed by atoms with van der Waals surface area (Å²) in [5.41, 5.74) is 7.03. The third-order valence-electron chi connectivity index (χ3n) is 4.38. The molecule has 1 aromatic rings. The number of aryl methyl sites for hydroxylation is 2. The number of nitrogens with one attached hydrogen (secondary N) is 1. The Morgan fingerprint density at radius 2 is 1.78 bits per heavy atom. The van der Waals surface area contributed by atoms with E-state index >= 15 is 0 Å². The lowest BCUT2D eigenvalue weighted by molar-refractivity contribution is 0.0803. The van der Waals surface area contributed by atoms with Crippen molar-refractivity contribution >= 4 is 0 Å². The van der Waals surface area contributed by atoms with E-state index in [0.717, 1.165) is 13.0 Å². The van der Waals surface area contributed by atoms with Crippen molar-refractivity contribution in [2.45, 2.75) is 52.7 Å². The van der Waals surface area contributed by atoms with Gasteiger partial charge in [-0.05, 0) is 75.4 Å². The number of rotatable bonds is 3. The molecule has 100 valence electrons. The monoisotopic (exact) mass is 247 g/mol. The third-order valence-corrected chi connectivity index (χ3v) is 4.38. The largest absolute Gasteiger partial charge is 0.376 e. The summed E-state index contributed by atoms with van der Waals surface area (Å²) in [6.07, 6.45) is 2.68. The maximum absolute atomic E-state index is 5.89. The Kier molecular flexibility index (Phi) is 4.08. The van der Waals surface area contributed by atoms with Gasteiger partial charge in [0.25, 0.3) is 0 Å². The molecule has 0 radical (unpaired) electrons. The van der Waals surface area contributed by atoms with E-state index in [-0.39, 0.29) is 0 Å². The van der Waals surface area contributed by atoms with E-state index in [1.54, 1.807) is 0 Å². The predicted octanol–water partition coefficient (Wildman–Crippen LogP) is 3.36. The molecule has 2 nitrogen and oxygen atoms in total. The second-order valence-electron chi connectivity index (χ2n) is 5.49. The van der Waals surface area contributed by atoms with Gasteiger partial charge in [-0.2, -0.15) is 0 Å². The maximum atomic E-state index is 5.89. The number of ether oxygens (including phenoxy) is 1. The molecule has 1 aliphatic heterocycles. The molecule has 2 unspecified atom stereocenters. The van der Waals surface area contributed by atoms with Crippen LogP contribution in [0.25, 0.3) is 0 Å². The van der Waals surface area contributed by atoms with Crippen LogP contribution in [0.3, 0.4) is 0 Å². The normalized spacial score (nSPS) is 21.3. The van der Waals surface area contributed by atoms with Crippen molar-refractivity contribution in [1.29, 1.82) is 0 Å². The average Bonchev–Trinajstić information content (AvgIpc) is 2.85. The fraction of sp³-hybridized carbons (Fsp3) is 0.625. The minimum atomic E-state index is 0.325. The summed E-state index contributed by atoms with van der Waals surface area (Å²) in [4.78, 5) is 0. The zero-order valence-corrected chi connectivity index (χ0v) is 12.3. The van der Waals surface area contributed by atoms with Gasteiger partial charge >= 0.3 is 0 Å². The van der Waals surface area contributed by atoms with Gasteiger partial charge in [0.1, 0.15) is 0 Å². The SMILES string of the molecule is CNC(c1c(C)c(C)cc(C)c1C)C1CCCO1. The quantitative estimate of drug-likeness (QED) is 0.884. The lowest BCUT2D eigenvalue weighted by Gasteiger charge is -2.28. The Morgan fingerprint density at radius 1 is 1.17 bits per heavy atom. The van der Waals surface area contributed by atoms with Crippen molar-refractivity contribution in [2.75, 3.05) is 13.7 Å². The highest BCUT2D eigenvalue weighted by molar-refractivity contribution is 5.46. The van der Waals surface area contributed by atoms with Crippen molar-refractivity contribution in [1.82, 2.24) is 5.32 Å². The van der Waals surface area contributed by atoms with Gasteiger partial charge in [-0.3, -0.25) is 0 Å². The van der Waals surface area contributed by atoms with Crippen LogP contribution < -0.4 is 5.32 Å². The summed E-state index contributed by atoms with van der Waals surface area (Å²) in [6.45, 7) is 9.78. The standard InChI is InChI=1S/C16H25NO/c1-10-9-11(2)13(4)15(12(10)3)16(17-5)14-7-6-8-18-14/h9,14,16-17H,6-8H2,1-5H3. The molecule has 1 N–H and O–H groups in total. The van der Waals surface area contributed by atoms with Gasteiger partial charge in [-0.1, -0.05) is 6.07 Å². The van der Waals surface area contributed by atoms with Gasteiger partial charge in [-0.15, -0.1) is 0 Å². The van der Waals surface area contributed by atoms with Gasteiger partial charge in [0.15, 0.2) is 0 Å². The molecule has 1 fully saturated rings. The summed E-state index contributed by atoms with van der Waals surface area (Å²) in [5.74, 6) is 0. The molecule has 0 saturated carbocycles. The first-order valence-electron chi connectivity index (χ1n) is 6.92. The smallest absolute Gasteiger partial charge is 0.0770 e. The molecule has 0 aromatic heterocycles. The fourth-order valence-corrected chi connectivity index (χ4v) is 3.10. The number of hydrogen-bond donors (Lipinski definition) is 1. The molecule has 1 aliphatic rings. The number of likely N-dealkylation sites (N-methyl/N-ethyl adjacent to an activating group) is 1. The molecule has 1 saturated heterocycles. The lowest BCUT2D eigenvalue weighted by atomic mass is 9.87. The van der Waals surface area contributed by atoms with E-state index in [9.17, 15) is 0 Å². The van der Waals surface area contributed by atoms with E-state index in [1.165, 1.54) is 34.2 Å². The first-order chi connectivity index (χ1) is 8.56. The third kappa shape index (κ3) is 2.32. The Bertz CT molecular complexity index is 407. The summed E-state index contributed by atoms with van der Waals surface area (Å²) in [5, 5.41) is 3.47. The lowest BCUT2D eigenvalue weighted by Crippen LogP contribution is -2.30. The first-order valence-corrected chi connectivity index (χ1v) is 6.92. The molecule has 0 aliphatic carbocycles. The van der Waals surface area contributed by atoms with Crippen LogP contribution in [0, 0.1) is 27.7 Å². The molecule has 2 heteroatoms. The molecule has 18 heavy (non-hydrogen) atoms. The second kappa shape index (κ2) is 5.41.